The fourth-order valence-corrected chi connectivity index (χ4v) is 7.97. The minimum Gasteiger partial charge on any atom is -0.495 e. The van der Waals surface area contributed by atoms with Crippen LogP contribution in [0, 0.1) is 29.5 Å². The fourth-order valence-electron chi connectivity index (χ4n) is 7.44. The number of fused-ring (bicyclic) bond motifs is 3. The molecule has 48 heavy (non-hydrogen) atoms. The number of aryl methyl sites for hydroxylation is 1. The molecule has 2 N–H and O–H groups in total. The zero-order valence-corrected chi connectivity index (χ0v) is 28.1. The Labute approximate surface area is 276 Å². The van der Waals surface area contributed by atoms with Crippen molar-refractivity contribution in [3.63, 3.8) is 0 Å². The van der Waals surface area contributed by atoms with Crippen LogP contribution in [0.5, 0.6) is 5.75 Å². The summed E-state index contributed by atoms with van der Waals surface area (Å²) >= 11 is 0. The Balaban J connectivity index is 1.22. The number of hydrogen-bond donors (Lipinski definition) is 2. The number of halogens is 4. The van der Waals surface area contributed by atoms with Gasteiger partial charge in [0.1, 0.15) is 22.9 Å². The van der Waals surface area contributed by atoms with E-state index in [9.17, 15) is 26.4 Å². The van der Waals surface area contributed by atoms with Crippen molar-refractivity contribution in [1.29, 1.82) is 0 Å². The molecule has 2 saturated carbocycles. The van der Waals surface area contributed by atoms with Crippen molar-refractivity contribution in [2.45, 2.75) is 45.3 Å². The highest BCUT2D eigenvalue weighted by molar-refractivity contribution is 7.92. The molecular formula is C33H38F4N6O4S. The molecule has 0 radical (unpaired) electrons. The summed E-state index contributed by atoms with van der Waals surface area (Å²) < 4.78 is 88.3. The van der Waals surface area contributed by atoms with Crippen LogP contribution in [0.4, 0.5) is 40.7 Å². The fraction of sp³-hybridized carbons (Fsp3) is 0.485. The van der Waals surface area contributed by atoms with E-state index < -0.39 is 33.4 Å². The Kier molecular flexibility index (Phi) is 8.38. The highest BCUT2D eigenvalue weighted by atomic mass is 32.2. The minimum atomic E-state index is -4.82. The largest absolute Gasteiger partial charge is 0.495 e. The number of ether oxygens (including phenoxy) is 1. The summed E-state index contributed by atoms with van der Waals surface area (Å²) in [4.78, 5) is 23.5. The lowest BCUT2D eigenvalue weighted by Gasteiger charge is -2.36. The number of carbonyl (C=O) groups excluding carboxylic acids is 1. The molecule has 1 aliphatic heterocycles. The molecule has 1 spiro atoms. The molecule has 2 aliphatic carbocycles. The summed E-state index contributed by atoms with van der Waals surface area (Å²) in [5.41, 5.74) is 0.367. The van der Waals surface area contributed by atoms with Gasteiger partial charge in [-0.05, 0) is 86.3 Å². The number of hydrogen-bond acceptors (Lipinski definition) is 9. The molecule has 3 aliphatic rings. The predicted molar refractivity (Wildman–Crippen MR) is 174 cm³/mol. The van der Waals surface area contributed by atoms with E-state index in [1.807, 2.05) is 0 Å². The van der Waals surface area contributed by atoms with E-state index in [1.165, 1.54) is 20.2 Å². The summed E-state index contributed by atoms with van der Waals surface area (Å²) in [7, 11) is 1.12. The molecule has 6 rings (SSSR count). The number of ketones is 1. The SMILES string of the molecule is COc1cc(C(=O)CC23CC2C32CCN(C)CC2)c(F)cc1Nc1ncc(C(F)(F)F)c(NCc2ccc(C)cc2N(C)S(C)(=O)=O)n1. The number of Topliss-reactive ketones (excluding diaryl/α,β-unsaturated/α-hetero) is 1. The molecule has 3 fully saturated rings. The van der Waals surface area contributed by atoms with Crippen LogP contribution >= 0.6 is 0 Å². The molecule has 2 atom stereocenters. The second-order valence-corrected chi connectivity index (χ2v) is 15.3. The zero-order chi connectivity index (χ0) is 34.8. The van der Waals surface area contributed by atoms with Crippen molar-refractivity contribution in [1.82, 2.24) is 14.9 Å². The first kappa shape index (κ1) is 33.9. The van der Waals surface area contributed by atoms with E-state index in [4.69, 9.17) is 4.74 Å². The lowest BCUT2D eigenvalue weighted by molar-refractivity contribution is -0.137. The Morgan fingerprint density at radius 2 is 1.90 bits per heavy atom. The lowest BCUT2D eigenvalue weighted by Crippen LogP contribution is -2.36. The Hall–Kier alpha value is -3.98. The van der Waals surface area contributed by atoms with Crippen LogP contribution in [0.25, 0.3) is 0 Å². The number of rotatable bonds is 11. The average molecular weight is 691 g/mol. The number of benzene rings is 2. The predicted octanol–water partition coefficient (Wildman–Crippen LogP) is 6.01. The third-order valence-corrected chi connectivity index (χ3v) is 11.7. The van der Waals surface area contributed by atoms with Gasteiger partial charge in [-0.2, -0.15) is 18.2 Å². The first-order valence-corrected chi connectivity index (χ1v) is 17.4. The first-order chi connectivity index (χ1) is 22.5. The van der Waals surface area contributed by atoms with E-state index in [2.05, 4.69) is 32.5 Å². The number of sulfonamides is 1. The third-order valence-electron chi connectivity index (χ3n) is 10.5. The number of aromatic nitrogens is 2. The Bertz CT molecular complexity index is 1880. The lowest BCUT2D eigenvalue weighted by atomic mass is 9.77. The summed E-state index contributed by atoms with van der Waals surface area (Å²) in [6, 6.07) is 7.30. The number of alkyl halides is 3. The van der Waals surface area contributed by atoms with Gasteiger partial charge in [0.05, 0.1) is 30.3 Å². The molecule has 3 aromatic rings. The molecule has 0 bridgehead atoms. The zero-order valence-electron chi connectivity index (χ0n) is 27.3. The summed E-state index contributed by atoms with van der Waals surface area (Å²) in [6.07, 6.45) is 0.151. The van der Waals surface area contributed by atoms with Crippen molar-refractivity contribution in [3.05, 3.63) is 64.6 Å². The number of likely N-dealkylation sites (tertiary alicyclic amines) is 1. The number of nitrogens with zero attached hydrogens (tertiary/aromatic N) is 4. The van der Waals surface area contributed by atoms with E-state index >= 15 is 4.39 Å². The van der Waals surface area contributed by atoms with Crippen molar-refractivity contribution >= 4 is 38.9 Å². The van der Waals surface area contributed by atoms with Crippen LogP contribution in [-0.4, -0.2) is 69.6 Å². The number of piperidine rings is 1. The van der Waals surface area contributed by atoms with Gasteiger partial charge in [0, 0.05) is 32.3 Å². The molecule has 10 nitrogen and oxygen atoms in total. The second-order valence-electron chi connectivity index (χ2n) is 13.3. The van der Waals surface area contributed by atoms with Gasteiger partial charge in [-0.15, -0.1) is 0 Å². The maximum absolute atomic E-state index is 15.5. The maximum Gasteiger partial charge on any atom is 0.421 e. The van der Waals surface area contributed by atoms with Crippen LogP contribution in [0.1, 0.15) is 52.7 Å². The van der Waals surface area contributed by atoms with Crippen LogP contribution in [-0.2, 0) is 22.7 Å². The van der Waals surface area contributed by atoms with Crippen molar-refractivity contribution in [3.8, 4) is 5.75 Å². The van der Waals surface area contributed by atoms with E-state index in [1.54, 1.807) is 25.1 Å². The van der Waals surface area contributed by atoms with Gasteiger partial charge in [0.2, 0.25) is 16.0 Å². The van der Waals surface area contributed by atoms with Crippen molar-refractivity contribution in [2.24, 2.45) is 16.7 Å². The quantitative estimate of drug-likeness (QED) is 0.184. The van der Waals surface area contributed by atoms with Crippen LogP contribution in [0.3, 0.4) is 0 Å². The molecular weight excluding hydrogens is 652 g/mol. The van der Waals surface area contributed by atoms with Crippen LogP contribution < -0.4 is 19.7 Å². The average Bonchev–Trinajstić information content (AvgIpc) is 3.88. The van der Waals surface area contributed by atoms with Gasteiger partial charge in [-0.3, -0.25) is 9.10 Å². The Morgan fingerprint density at radius 1 is 1.19 bits per heavy atom. The van der Waals surface area contributed by atoms with Gasteiger partial charge in [-0.25, -0.2) is 17.8 Å². The summed E-state index contributed by atoms with van der Waals surface area (Å²) in [5, 5.41) is 5.39. The molecule has 2 unspecified atom stereocenters. The maximum atomic E-state index is 15.5. The number of methoxy groups -OCH3 is 1. The molecule has 258 valence electrons. The van der Waals surface area contributed by atoms with Crippen LogP contribution in [0.15, 0.2) is 36.5 Å². The number of anilines is 4. The van der Waals surface area contributed by atoms with Crippen molar-refractivity contribution in [2.75, 3.05) is 55.5 Å². The van der Waals surface area contributed by atoms with Crippen molar-refractivity contribution < 1.29 is 35.5 Å². The molecule has 15 heteroatoms. The Morgan fingerprint density at radius 3 is 2.52 bits per heavy atom. The first-order valence-electron chi connectivity index (χ1n) is 15.6. The minimum absolute atomic E-state index is 0.0218. The summed E-state index contributed by atoms with van der Waals surface area (Å²) in [5.74, 6) is -1.34. The molecule has 2 heterocycles. The third kappa shape index (κ3) is 6.06. The second kappa shape index (κ2) is 11.9. The van der Waals surface area contributed by atoms with E-state index in [-0.39, 0.29) is 52.5 Å². The van der Waals surface area contributed by atoms with Gasteiger partial charge < -0.3 is 20.3 Å². The highest BCUT2D eigenvalue weighted by Gasteiger charge is 2.87. The molecule has 0 amide bonds. The number of carbonyl (C=O) groups is 1. The van der Waals surface area contributed by atoms with Gasteiger partial charge in [-0.1, -0.05) is 12.1 Å². The standard InChI is InChI=1S/C33H38F4N6O4S/c1-19-6-7-20(25(12-19)43(3)48(5,45)46)17-38-29-22(33(35,36)37)18-39-30(41-29)40-24-14-23(34)21(13-27(24)47-4)26(44)15-32-16-28(32)31(32)8-10-42(2)11-9-31/h6-7,12-14,18,28H,8-11,15-17H2,1-5H3,(H2,38,39,40,41). The van der Waals surface area contributed by atoms with Crippen LogP contribution in [0.2, 0.25) is 0 Å². The smallest absolute Gasteiger partial charge is 0.421 e. The molecule has 1 aromatic heterocycles. The van der Waals surface area contributed by atoms with E-state index in [0.717, 1.165) is 54.5 Å². The number of nitrogens with one attached hydrogen (secondary N) is 2. The molecule has 1 saturated heterocycles. The monoisotopic (exact) mass is 690 g/mol. The van der Waals surface area contributed by atoms with Gasteiger partial charge in [0.15, 0.2) is 5.78 Å². The van der Waals surface area contributed by atoms with E-state index in [0.29, 0.717) is 23.4 Å². The van der Waals surface area contributed by atoms with Gasteiger partial charge in [0.25, 0.3) is 0 Å². The topological polar surface area (TPSA) is 117 Å². The van der Waals surface area contributed by atoms with Gasteiger partial charge >= 0.3 is 6.18 Å². The highest BCUT2D eigenvalue weighted by Crippen LogP contribution is 2.92. The summed E-state index contributed by atoms with van der Waals surface area (Å²) in [6.45, 7) is 3.54. The molecule has 2 aromatic carbocycles. The normalized spacial score (nSPS) is 21.4.